The van der Waals surface area contributed by atoms with Gasteiger partial charge in [-0.15, -0.1) is 11.3 Å². The Balaban J connectivity index is 2.30. The van der Waals surface area contributed by atoms with Crippen LogP contribution in [-0.2, 0) is 0 Å². The summed E-state index contributed by atoms with van der Waals surface area (Å²) in [5.41, 5.74) is 1.28. The molecule has 1 aromatic heterocycles. The molecule has 66 valence electrons. The molecule has 2 rings (SSSR count). The molecule has 0 radical (unpaired) electrons. The van der Waals surface area contributed by atoms with Gasteiger partial charge >= 0.3 is 0 Å². The van der Waals surface area contributed by atoms with E-state index in [9.17, 15) is 0 Å². The highest BCUT2D eigenvalue weighted by atomic mass is 32.1. The van der Waals surface area contributed by atoms with E-state index in [1.165, 1.54) is 23.5 Å². The zero-order valence-electron chi connectivity index (χ0n) is 7.92. The maximum atomic E-state index is 4.59. The predicted octanol–water partition coefficient (Wildman–Crippen LogP) is 3.45. The molecule has 0 spiro atoms. The van der Waals surface area contributed by atoms with E-state index < -0.39 is 0 Å². The molecule has 1 aliphatic rings. The first kappa shape index (κ1) is 8.24. The molecule has 0 aromatic carbocycles. The number of hydrogen-bond acceptors (Lipinski definition) is 2. The van der Waals surface area contributed by atoms with Crippen molar-refractivity contribution in [1.29, 1.82) is 0 Å². The first-order chi connectivity index (χ1) is 5.68. The lowest BCUT2D eigenvalue weighted by Crippen LogP contribution is -1.84. The fraction of sp³-hybridized carbons (Fsp3) is 0.700. The lowest BCUT2D eigenvalue weighted by Gasteiger charge is -1.95. The molecular formula is C10H15NS. The summed E-state index contributed by atoms with van der Waals surface area (Å²) in [7, 11) is 0. The van der Waals surface area contributed by atoms with Gasteiger partial charge in [-0.1, -0.05) is 13.8 Å². The van der Waals surface area contributed by atoms with Crippen LogP contribution in [0.4, 0.5) is 0 Å². The van der Waals surface area contributed by atoms with Gasteiger partial charge in [0.05, 0.1) is 10.7 Å². The number of rotatable bonds is 2. The van der Waals surface area contributed by atoms with Gasteiger partial charge in [-0.2, -0.15) is 0 Å². The van der Waals surface area contributed by atoms with Crippen LogP contribution in [0.5, 0.6) is 0 Å². The highest BCUT2D eigenvalue weighted by Crippen LogP contribution is 2.45. The Bertz CT molecular complexity index is 284. The minimum absolute atomic E-state index is 0.598. The molecule has 0 bridgehead atoms. The van der Waals surface area contributed by atoms with Crippen molar-refractivity contribution in [3.05, 3.63) is 15.6 Å². The summed E-state index contributed by atoms with van der Waals surface area (Å²) >= 11 is 1.93. The van der Waals surface area contributed by atoms with Crippen LogP contribution < -0.4 is 0 Å². The third-order valence-corrected chi connectivity index (χ3v) is 3.91. The van der Waals surface area contributed by atoms with E-state index in [2.05, 4.69) is 25.8 Å². The topological polar surface area (TPSA) is 12.9 Å². The fourth-order valence-electron chi connectivity index (χ4n) is 1.40. The molecule has 0 saturated heterocycles. The maximum absolute atomic E-state index is 4.59. The highest BCUT2D eigenvalue weighted by molar-refractivity contribution is 7.12. The molecule has 1 aromatic rings. The minimum Gasteiger partial charge on any atom is -0.246 e. The van der Waals surface area contributed by atoms with Gasteiger partial charge < -0.3 is 0 Å². The molecule has 1 aliphatic carbocycles. The zero-order chi connectivity index (χ0) is 8.72. The smallest absolute Gasteiger partial charge is 0.0956 e. The van der Waals surface area contributed by atoms with Gasteiger partial charge in [0.25, 0.3) is 0 Å². The van der Waals surface area contributed by atoms with E-state index in [1.807, 2.05) is 11.3 Å². The second-order valence-corrected chi connectivity index (χ2v) is 4.99. The third kappa shape index (κ3) is 1.40. The number of nitrogens with zero attached hydrogens (tertiary/aromatic N) is 1. The van der Waals surface area contributed by atoms with E-state index in [0.29, 0.717) is 5.92 Å². The van der Waals surface area contributed by atoms with Crippen molar-refractivity contribution < 1.29 is 0 Å². The van der Waals surface area contributed by atoms with E-state index in [0.717, 1.165) is 5.92 Å². The SMILES string of the molecule is Cc1nc(C(C)C)sc1C1CC1. The Hall–Kier alpha value is -0.370. The lowest BCUT2D eigenvalue weighted by atomic mass is 10.2. The summed E-state index contributed by atoms with van der Waals surface area (Å²) in [4.78, 5) is 6.14. The van der Waals surface area contributed by atoms with Crippen LogP contribution in [0.2, 0.25) is 0 Å². The van der Waals surface area contributed by atoms with Crippen molar-refractivity contribution in [3.63, 3.8) is 0 Å². The summed E-state index contributed by atoms with van der Waals surface area (Å²) in [6, 6.07) is 0. The highest BCUT2D eigenvalue weighted by Gasteiger charge is 2.28. The summed E-state index contributed by atoms with van der Waals surface area (Å²) < 4.78 is 0. The molecule has 1 nitrogen and oxygen atoms in total. The first-order valence-electron chi connectivity index (χ1n) is 4.65. The summed E-state index contributed by atoms with van der Waals surface area (Å²) in [6.45, 7) is 6.58. The Labute approximate surface area is 77.8 Å². The van der Waals surface area contributed by atoms with Crippen molar-refractivity contribution in [2.45, 2.75) is 45.4 Å². The van der Waals surface area contributed by atoms with Crippen LogP contribution in [0.1, 0.15) is 54.1 Å². The number of aryl methyl sites for hydroxylation is 1. The molecule has 0 unspecified atom stereocenters. The molecule has 0 atom stereocenters. The second-order valence-electron chi connectivity index (χ2n) is 3.93. The molecule has 0 N–H and O–H groups in total. The van der Waals surface area contributed by atoms with Crippen LogP contribution in [-0.4, -0.2) is 4.98 Å². The average Bonchev–Trinajstić information content (AvgIpc) is 2.75. The van der Waals surface area contributed by atoms with Crippen LogP contribution in [0.25, 0.3) is 0 Å². The number of thiazole rings is 1. The second kappa shape index (κ2) is 2.84. The van der Waals surface area contributed by atoms with Crippen LogP contribution >= 0.6 is 11.3 Å². The average molecular weight is 181 g/mol. The monoisotopic (exact) mass is 181 g/mol. The van der Waals surface area contributed by atoms with Crippen molar-refractivity contribution in [2.24, 2.45) is 0 Å². The summed E-state index contributed by atoms with van der Waals surface area (Å²) in [5.74, 6) is 1.47. The van der Waals surface area contributed by atoms with E-state index in [-0.39, 0.29) is 0 Å². The van der Waals surface area contributed by atoms with Gasteiger partial charge in [0.15, 0.2) is 0 Å². The van der Waals surface area contributed by atoms with Crippen LogP contribution in [0.3, 0.4) is 0 Å². The van der Waals surface area contributed by atoms with Gasteiger partial charge in [-0.25, -0.2) is 4.98 Å². The zero-order valence-corrected chi connectivity index (χ0v) is 8.74. The van der Waals surface area contributed by atoms with Crippen molar-refractivity contribution in [3.8, 4) is 0 Å². The van der Waals surface area contributed by atoms with Crippen molar-refractivity contribution in [2.75, 3.05) is 0 Å². The molecule has 1 heterocycles. The molecule has 0 aliphatic heterocycles. The van der Waals surface area contributed by atoms with Gasteiger partial charge in [-0.05, 0) is 25.7 Å². The summed E-state index contributed by atoms with van der Waals surface area (Å²) in [6.07, 6.45) is 2.78. The first-order valence-corrected chi connectivity index (χ1v) is 5.47. The van der Waals surface area contributed by atoms with Crippen LogP contribution in [0.15, 0.2) is 0 Å². The van der Waals surface area contributed by atoms with E-state index in [1.54, 1.807) is 4.88 Å². The molecule has 1 fully saturated rings. The normalized spacial score (nSPS) is 17.3. The maximum Gasteiger partial charge on any atom is 0.0956 e. The molecule has 2 heteroatoms. The molecule has 12 heavy (non-hydrogen) atoms. The quantitative estimate of drug-likeness (QED) is 0.681. The molecule has 1 saturated carbocycles. The van der Waals surface area contributed by atoms with Crippen molar-refractivity contribution >= 4 is 11.3 Å². The lowest BCUT2D eigenvalue weighted by molar-refractivity contribution is 0.846. The van der Waals surface area contributed by atoms with Gasteiger partial charge in [-0.3, -0.25) is 0 Å². The molecule has 0 amide bonds. The van der Waals surface area contributed by atoms with E-state index >= 15 is 0 Å². The molecular weight excluding hydrogens is 166 g/mol. The largest absolute Gasteiger partial charge is 0.246 e. The number of hydrogen-bond donors (Lipinski definition) is 0. The Kier molecular flexibility index (Phi) is 1.95. The Morgan fingerprint density at radius 1 is 1.42 bits per heavy atom. The van der Waals surface area contributed by atoms with Crippen LogP contribution in [0, 0.1) is 6.92 Å². The third-order valence-electron chi connectivity index (χ3n) is 2.29. The Morgan fingerprint density at radius 3 is 2.50 bits per heavy atom. The Morgan fingerprint density at radius 2 is 2.08 bits per heavy atom. The van der Waals surface area contributed by atoms with E-state index in [4.69, 9.17) is 0 Å². The fourth-order valence-corrected chi connectivity index (χ4v) is 2.64. The van der Waals surface area contributed by atoms with Gasteiger partial charge in [0.2, 0.25) is 0 Å². The standard InChI is InChI=1S/C10H15NS/c1-6(2)10-11-7(3)9(12-10)8-4-5-8/h6,8H,4-5H2,1-3H3. The van der Waals surface area contributed by atoms with Gasteiger partial charge in [0, 0.05) is 10.8 Å². The minimum atomic E-state index is 0.598. The summed E-state index contributed by atoms with van der Waals surface area (Å²) in [5, 5.41) is 1.31. The van der Waals surface area contributed by atoms with Crippen molar-refractivity contribution in [1.82, 2.24) is 4.98 Å². The van der Waals surface area contributed by atoms with Gasteiger partial charge in [0.1, 0.15) is 0 Å². The predicted molar refractivity (Wildman–Crippen MR) is 52.9 cm³/mol. The number of aromatic nitrogens is 1.